The van der Waals surface area contributed by atoms with E-state index in [0.29, 0.717) is 5.11 Å². The van der Waals surface area contributed by atoms with E-state index in [-0.39, 0.29) is 0 Å². The zero-order valence-corrected chi connectivity index (χ0v) is 10.6. The summed E-state index contributed by atoms with van der Waals surface area (Å²) in [7, 11) is 0. The summed E-state index contributed by atoms with van der Waals surface area (Å²) in [6.07, 6.45) is 13.6. The number of nitrogens with one attached hydrogen (secondary N) is 1. The standard InChI is InChI=1S/C12H24N2S/c1-2-3-4-5-6-7-8-9-10-11-14-12(13)15/h9-10H,2-8,11H2,1H3,(H3,13,14,15). The average Bonchev–Trinajstić information content (AvgIpc) is 2.20. The molecular formula is C12H24N2S. The second-order valence-corrected chi connectivity index (χ2v) is 4.21. The van der Waals surface area contributed by atoms with Gasteiger partial charge in [0.1, 0.15) is 0 Å². The molecule has 0 bridgehead atoms. The molecule has 0 aliphatic heterocycles. The van der Waals surface area contributed by atoms with Gasteiger partial charge in [-0.1, -0.05) is 51.2 Å². The highest BCUT2D eigenvalue weighted by atomic mass is 32.1. The molecule has 0 aromatic rings. The molecule has 0 heterocycles. The normalized spacial score (nSPS) is 10.7. The Labute approximate surface area is 99.3 Å². The maximum atomic E-state index is 5.29. The molecule has 0 saturated carbocycles. The van der Waals surface area contributed by atoms with Crippen molar-refractivity contribution in [3.8, 4) is 0 Å². The first kappa shape index (κ1) is 14.4. The van der Waals surface area contributed by atoms with Gasteiger partial charge in [-0.3, -0.25) is 0 Å². The summed E-state index contributed by atoms with van der Waals surface area (Å²) in [5, 5.41) is 3.26. The quantitative estimate of drug-likeness (QED) is 0.362. The van der Waals surface area contributed by atoms with Crippen LogP contribution in [0, 0.1) is 0 Å². The van der Waals surface area contributed by atoms with Crippen molar-refractivity contribution in [3.63, 3.8) is 0 Å². The Balaban J connectivity index is 3.06. The maximum Gasteiger partial charge on any atom is 0.163 e. The molecule has 0 radical (unpaired) electrons. The summed E-state index contributed by atoms with van der Waals surface area (Å²) in [5.41, 5.74) is 5.29. The van der Waals surface area contributed by atoms with Gasteiger partial charge < -0.3 is 11.1 Å². The van der Waals surface area contributed by atoms with E-state index in [0.717, 1.165) is 6.54 Å². The number of allylic oxidation sites excluding steroid dienone is 1. The molecule has 0 aliphatic rings. The number of hydrogen-bond donors (Lipinski definition) is 2. The molecule has 2 nitrogen and oxygen atoms in total. The molecule has 0 amide bonds. The first-order chi connectivity index (χ1) is 7.27. The van der Waals surface area contributed by atoms with Crippen molar-refractivity contribution in [3.05, 3.63) is 12.2 Å². The second-order valence-electron chi connectivity index (χ2n) is 3.77. The molecule has 0 aromatic carbocycles. The minimum atomic E-state index is 0.374. The molecule has 3 heteroatoms. The van der Waals surface area contributed by atoms with Crippen LogP contribution >= 0.6 is 12.2 Å². The third kappa shape index (κ3) is 13.4. The molecule has 0 aliphatic carbocycles. The van der Waals surface area contributed by atoms with E-state index in [1.165, 1.54) is 44.9 Å². The van der Waals surface area contributed by atoms with Crippen molar-refractivity contribution < 1.29 is 0 Å². The molecule has 0 aromatic heterocycles. The SMILES string of the molecule is CCCCCCCCC=CCNC(N)=S. The van der Waals surface area contributed by atoms with E-state index in [1.807, 2.05) is 0 Å². The van der Waals surface area contributed by atoms with Gasteiger partial charge in [-0.25, -0.2) is 0 Å². The molecule has 0 unspecified atom stereocenters. The summed E-state index contributed by atoms with van der Waals surface area (Å²) in [4.78, 5) is 0. The lowest BCUT2D eigenvalue weighted by Gasteiger charge is -1.98. The van der Waals surface area contributed by atoms with E-state index in [9.17, 15) is 0 Å². The number of rotatable bonds is 9. The van der Waals surface area contributed by atoms with E-state index in [4.69, 9.17) is 5.73 Å². The van der Waals surface area contributed by atoms with Gasteiger partial charge in [0, 0.05) is 6.54 Å². The summed E-state index contributed by atoms with van der Waals surface area (Å²) in [6, 6.07) is 0. The lowest BCUT2D eigenvalue weighted by atomic mass is 10.1. The lowest BCUT2D eigenvalue weighted by molar-refractivity contribution is 0.611. The van der Waals surface area contributed by atoms with Gasteiger partial charge in [0.2, 0.25) is 0 Å². The Morgan fingerprint density at radius 1 is 1.13 bits per heavy atom. The fraction of sp³-hybridized carbons (Fsp3) is 0.750. The fourth-order valence-electron chi connectivity index (χ4n) is 1.40. The van der Waals surface area contributed by atoms with Crippen LogP contribution in [0.5, 0.6) is 0 Å². The summed E-state index contributed by atoms with van der Waals surface area (Å²) in [6.45, 7) is 3.00. The van der Waals surface area contributed by atoms with Gasteiger partial charge in [0.25, 0.3) is 0 Å². The minimum Gasteiger partial charge on any atom is -0.376 e. The van der Waals surface area contributed by atoms with Crippen LogP contribution in [0.25, 0.3) is 0 Å². The Morgan fingerprint density at radius 2 is 1.80 bits per heavy atom. The van der Waals surface area contributed by atoms with Gasteiger partial charge in [0.05, 0.1) is 0 Å². The van der Waals surface area contributed by atoms with Crippen molar-refractivity contribution in [2.24, 2.45) is 5.73 Å². The molecule has 0 atom stereocenters. The van der Waals surface area contributed by atoms with Gasteiger partial charge in [-0.05, 0) is 25.1 Å². The average molecular weight is 228 g/mol. The molecule has 3 N–H and O–H groups in total. The highest BCUT2D eigenvalue weighted by Crippen LogP contribution is 2.06. The van der Waals surface area contributed by atoms with E-state index >= 15 is 0 Å². The van der Waals surface area contributed by atoms with Gasteiger partial charge in [-0.2, -0.15) is 0 Å². The number of hydrogen-bond acceptors (Lipinski definition) is 1. The summed E-state index contributed by atoms with van der Waals surface area (Å²) in [5.74, 6) is 0. The Kier molecular flexibility index (Phi) is 11.1. The van der Waals surface area contributed by atoms with Crippen LogP contribution in [0.4, 0.5) is 0 Å². The van der Waals surface area contributed by atoms with Crippen LogP contribution in [0.1, 0.15) is 51.9 Å². The maximum absolute atomic E-state index is 5.29. The highest BCUT2D eigenvalue weighted by Gasteiger charge is 1.88. The van der Waals surface area contributed by atoms with Crippen LogP contribution in [0.3, 0.4) is 0 Å². The van der Waals surface area contributed by atoms with Crippen LogP contribution in [0.15, 0.2) is 12.2 Å². The molecule has 0 fully saturated rings. The third-order valence-electron chi connectivity index (χ3n) is 2.29. The predicted octanol–water partition coefficient (Wildman–Crippen LogP) is 3.13. The molecule has 0 rings (SSSR count). The van der Waals surface area contributed by atoms with Crippen LogP contribution in [-0.4, -0.2) is 11.7 Å². The molecule has 0 saturated heterocycles. The van der Waals surface area contributed by atoms with Crippen molar-refractivity contribution in [1.29, 1.82) is 0 Å². The Hall–Kier alpha value is -0.570. The molecule has 0 spiro atoms. The highest BCUT2D eigenvalue weighted by molar-refractivity contribution is 7.80. The van der Waals surface area contributed by atoms with Crippen molar-refractivity contribution in [1.82, 2.24) is 5.32 Å². The van der Waals surface area contributed by atoms with Crippen LogP contribution in [0.2, 0.25) is 0 Å². The monoisotopic (exact) mass is 228 g/mol. The van der Waals surface area contributed by atoms with Crippen molar-refractivity contribution in [2.45, 2.75) is 51.9 Å². The zero-order chi connectivity index (χ0) is 11.4. The van der Waals surface area contributed by atoms with Gasteiger partial charge >= 0.3 is 0 Å². The first-order valence-electron chi connectivity index (χ1n) is 5.95. The first-order valence-corrected chi connectivity index (χ1v) is 6.36. The predicted molar refractivity (Wildman–Crippen MR) is 71.9 cm³/mol. The van der Waals surface area contributed by atoms with Gasteiger partial charge in [-0.15, -0.1) is 0 Å². The number of thiocarbonyl (C=S) groups is 1. The molecular weight excluding hydrogens is 204 g/mol. The largest absolute Gasteiger partial charge is 0.376 e. The van der Waals surface area contributed by atoms with E-state index in [2.05, 4.69) is 36.6 Å². The summed E-state index contributed by atoms with van der Waals surface area (Å²) >= 11 is 4.69. The Bertz CT molecular complexity index is 178. The topological polar surface area (TPSA) is 38.0 Å². The number of unbranched alkanes of at least 4 members (excludes halogenated alkanes) is 6. The van der Waals surface area contributed by atoms with Gasteiger partial charge in [0.15, 0.2) is 5.11 Å². The van der Waals surface area contributed by atoms with E-state index in [1.54, 1.807) is 0 Å². The smallest absolute Gasteiger partial charge is 0.163 e. The molecule has 88 valence electrons. The zero-order valence-electron chi connectivity index (χ0n) is 9.80. The fourth-order valence-corrected chi connectivity index (χ4v) is 1.49. The van der Waals surface area contributed by atoms with Crippen LogP contribution < -0.4 is 11.1 Å². The number of nitrogens with two attached hydrogens (primary N) is 1. The Morgan fingerprint density at radius 3 is 2.47 bits per heavy atom. The third-order valence-corrected chi connectivity index (χ3v) is 2.43. The van der Waals surface area contributed by atoms with Crippen LogP contribution in [-0.2, 0) is 0 Å². The molecule has 15 heavy (non-hydrogen) atoms. The van der Waals surface area contributed by atoms with Crippen molar-refractivity contribution >= 4 is 17.3 Å². The second kappa shape index (κ2) is 11.5. The van der Waals surface area contributed by atoms with Crippen molar-refractivity contribution in [2.75, 3.05) is 6.54 Å². The van der Waals surface area contributed by atoms with E-state index < -0.39 is 0 Å². The summed E-state index contributed by atoms with van der Waals surface area (Å²) < 4.78 is 0. The minimum absolute atomic E-state index is 0.374. The lowest BCUT2D eigenvalue weighted by Crippen LogP contribution is -2.28.